The lowest BCUT2D eigenvalue weighted by molar-refractivity contribution is -0.105. The maximum Gasteiger partial charge on any atom is -0.0295 e. The molecule has 0 aromatic rings. The van der Waals surface area contributed by atoms with E-state index < -0.39 is 0 Å². The Morgan fingerprint density at radius 2 is 1.77 bits per heavy atom. The molecular formula is C13H26. The van der Waals surface area contributed by atoms with Crippen molar-refractivity contribution in [1.29, 1.82) is 0 Å². The third kappa shape index (κ3) is 1.65. The van der Waals surface area contributed by atoms with Gasteiger partial charge in [0.25, 0.3) is 0 Å². The Labute approximate surface area is 84.1 Å². The van der Waals surface area contributed by atoms with Gasteiger partial charge in [-0.05, 0) is 42.4 Å². The summed E-state index contributed by atoms with van der Waals surface area (Å²) in [4.78, 5) is 0. The van der Waals surface area contributed by atoms with Crippen LogP contribution in [0, 0.1) is 23.2 Å². The quantitative estimate of drug-likeness (QED) is 0.560. The highest BCUT2D eigenvalue weighted by molar-refractivity contribution is 5.02. The summed E-state index contributed by atoms with van der Waals surface area (Å²) in [6.45, 7) is 11.3. The van der Waals surface area contributed by atoms with Gasteiger partial charge in [0.05, 0.1) is 0 Å². The van der Waals surface area contributed by atoms with Gasteiger partial charge >= 0.3 is 0 Å². The average molecular weight is 182 g/mol. The summed E-state index contributed by atoms with van der Waals surface area (Å²) in [5.41, 5.74) is 0.707. The summed E-state index contributed by atoms with van der Waals surface area (Å²) in [6, 6.07) is 0. The predicted octanol–water partition coefficient (Wildman–Crippen LogP) is 4.49. The molecule has 0 N–H and O–H groups in total. The van der Waals surface area contributed by atoms with Crippen LogP contribution in [0.4, 0.5) is 0 Å². The van der Waals surface area contributed by atoms with E-state index in [-0.39, 0.29) is 0 Å². The first kappa shape index (κ1) is 11.1. The first-order chi connectivity index (χ1) is 6.16. The molecule has 0 aromatic heterocycles. The molecule has 0 aromatic carbocycles. The topological polar surface area (TPSA) is 0 Å². The van der Waals surface area contributed by atoms with Gasteiger partial charge in [-0.25, -0.2) is 0 Å². The molecule has 0 spiro atoms. The van der Waals surface area contributed by atoms with Crippen LogP contribution in [0.1, 0.15) is 60.3 Å². The number of fused-ring (bicyclic) bond motifs is 2. The van der Waals surface area contributed by atoms with Gasteiger partial charge in [0.1, 0.15) is 0 Å². The smallest absolute Gasteiger partial charge is 0.0295 e. The van der Waals surface area contributed by atoms with Crippen LogP contribution < -0.4 is 0 Å². The van der Waals surface area contributed by atoms with Gasteiger partial charge < -0.3 is 0 Å². The van der Waals surface area contributed by atoms with Crippen molar-refractivity contribution in [3.63, 3.8) is 0 Å². The minimum atomic E-state index is 0.707. The van der Waals surface area contributed by atoms with Crippen LogP contribution in [0.15, 0.2) is 0 Å². The van der Waals surface area contributed by atoms with Gasteiger partial charge in [0, 0.05) is 0 Å². The third-order valence-corrected chi connectivity index (χ3v) is 4.53. The van der Waals surface area contributed by atoms with Crippen LogP contribution in [0.25, 0.3) is 0 Å². The number of hydrogen-bond acceptors (Lipinski definition) is 0. The molecule has 0 heterocycles. The zero-order valence-corrected chi connectivity index (χ0v) is 10.1. The number of rotatable bonds is 1. The second kappa shape index (κ2) is 4.02. The summed E-state index contributed by atoms with van der Waals surface area (Å²) >= 11 is 0. The predicted molar refractivity (Wildman–Crippen MR) is 59.7 cm³/mol. The summed E-state index contributed by atoms with van der Waals surface area (Å²) in [5, 5.41) is 0. The highest BCUT2D eigenvalue weighted by Gasteiger charge is 2.53. The number of hydrogen-bond donors (Lipinski definition) is 0. The lowest BCUT2D eigenvalue weighted by Crippen LogP contribution is -2.52. The highest BCUT2D eigenvalue weighted by Crippen LogP contribution is 2.61. The van der Waals surface area contributed by atoms with Crippen LogP contribution in [0.5, 0.6) is 0 Å². The molecule has 2 bridgehead atoms. The molecule has 3 aliphatic carbocycles. The molecule has 78 valence electrons. The van der Waals surface area contributed by atoms with Crippen molar-refractivity contribution in [1.82, 2.24) is 0 Å². The van der Waals surface area contributed by atoms with E-state index in [9.17, 15) is 0 Å². The van der Waals surface area contributed by atoms with Crippen molar-refractivity contribution in [2.24, 2.45) is 23.2 Å². The van der Waals surface area contributed by atoms with Crippen molar-refractivity contribution in [2.75, 3.05) is 0 Å². The second-order valence-corrected chi connectivity index (χ2v) is 5.11. The summed E-state index contributed by atoms with van der Waals surface area (Å²) in [5.74, 6) is 3.22. The molecular weight excluding hydrogens is 156 g/mol. The molecule has 0 unspecified atom stereocenters. The van der Waals surface area contributed by atoms with Gasteiger partial charge in [0.15, 0.2) is 0 Å². The minimum Gasteiger partial charge on any atom is -0.0683 e. The Kier molecular flexibility index (Phi) is 3.43. The maximum atomic E-state index is 2.48. The van der Waals surface area contributed by atoms with E-state index in [1.165, 1.54) is 19.3 Å². The zero-order valence-electron chi connectivity index (χ0n) is 10.1. The fraction of sp³-hybridized carbons (Fsp3) is 1.00. The molecule has 0 radical (unpaired) electrons. The average Bonchev–Trinajstić information content (AvgIpc) is 2.20. The van der Waals surface area contributed by atoms with E-state index in [0.717, 1.165) is 17.8 Å². The van der Waals surface area contributed by atoms with E-state index in [1.807, 2.05) is 13.8 Å². The van der Waals surface area contributed by atoms with Gasteiger partial charge in [-0.1, -0.05) is 41.0 Å². The molecule has 3 fully saturated rings. The molecule has 3 atom stereocenters. The molecule has 13 heavy (non-hydrogen) atoms. The maximum absolute atomic E-state index is 2.48. The third-order valence-electron chi connectivity index (χ3n) is 4.53. The van der Waals surface area contributed by atoms with Crippen LogP contribution in [0.2, 0.25) is 0 Å². The fourth-order valence-electron chi connectivity index (χ4n) is 3.45. The molecule has 0 saturated heterocycles. The summed E-state index contributed by atoms with van der Waals surface area (Å²) in [7, 11) is 0. The van der Waals surface area contributed by atoms with E-state index in [2.05, 4.69) is 20.8 Å². The zero-order chi connectivity index (χ0) is 10.1. The van der Waals surface area contributed by atoms with Crippen molar-refractivity contribution in [2.45, 2.75) is 60.3 Å². The normalized spacial score (nSPS) is 39.9. The van der Waals surface area contributed by atoms with E-state index in [1.54, 1.807) is 6.42 Å². The molecule has 3 saturated carbocycles. The van der Waals surface area contributed by atoms with Crippen molar-refractivity contribution in [3.05, 3.63) is 0 Å². The molecule has 0 aliphatic heterocycles. The van der Waals surface area contributed by atoms with Crippen molar-refractivity contribution < 1.29 is 0 Å². The van der Waals surface area contributed by atoms with Crippen molar-refractivity contribution in [3.8, 4) is 0 Å². The van der Waals surface area contributed by atoms with Gasteiger partial charge in [0.2, 0.25) is 0 Å². The lowest BCUT2D eigenvalue weighted by Gasteiger charge is -2.60. The summed E-state index contributed by atoms with van der Waals surface area (Å²) in [6.07, 6.45) is 6.00. The van der Waals surface area contributed by atoms with Gasteiger partial charge in [-0.2, -0.15) is 0 Å². The van der Waals surface area contributed by atoms with Crippen LogP contribution in [-0.4, -0.2) is 0 Å². The Bertz CT molecular complexity index is 155. The largest absolute Gasteiger partial charge is 0.0683 e. The molecule has 3 aliphatic rings. The van der Waals surface area contributed by atoms with E-state index in [4.69, 9.17) is 0 Å². The second-order valence-electron chi connectivity index (χ2n) is 5.11. The highest BCUT2D eigenvalue weighted by atomic mass is 14.6. The Morgan fingerprint density at radius 3 is 2.08 bits per heavy atom. The fourth-order valence-corrected chi connectivity index (χ4v) is 3.45. The SMILES string of the molecule is CC.CC[C@H]1CC[C@@H]2C[C@H]1C2(C)C. The van der Waals surface area contributed by atoms with E-state index in [0.29, 0.717) is 5.41 Å². The Hall–Kier alpha value is 0. The van der Waals surface area contributed by atoms with Crippen LogP contribution >= 0.6 is 0 Å². The van der Waals surface area contributed by atoms with Crippen LogP contribution in [0.3, 0.4) is 0 Å². The molecule has 0 amide bonds. The molecule has 3 rings (SSSR count). The Balaban J connectivity index is 0.000000396. The van der Waals surface area contributed by atoms with Gasteiger partial charge in [-0.3, -0.25) is 0 Å². The summed E-state index contributed by atoms with van der Waals surface area (Å²) < 4.78 is 0. The first-order valence-corrected chi connectivity index (χ1v) is 6.16. The van der Waals surface area contributed by atoms with Crippen LogP contribution in [-0.2, 0) is 0 Å². The Morgan fingerprint density at radius 1 is 1.15 bits per heavy atom. The van der Waals surface area contributed by atoms with E-state index >= 15 is 0 Å². The minimum absolute atomic E-state index is 0.707. The lowest BCUT2D eigenvalue weighted by atomic mass is 9.45. The van der Waals surface area contributed by atoms with Crippen molar-refractivity contribution >= 4 is 0 Å². The molecule has 0 nitrogen and oxygen atoms in total. The standard InChI is InChI=1S/C11H20.C2H6/c1-4-8-5-6-9-7-10(8)11(9,2)3;1-2/h8-10H,4-7H2,1-3H3;1-2H3/t8-,9+,10+;/m0./s1. The first-order valence-electron chi connectivity index (χ1n) is 6.16. The molecule has 0 heteroatoms. The van der Waals surface area contributed by atoms with Gasteiger partial charge in [-0.15, -0.1) is 0 Å². The monoisotopic (exact) mass is 182 g/mol.